The molecule has 7 heteroatoms. The van der Waals surface area contributed by atoms with E-state index in [2.05, 4.69) is 5.32 Å². The van der Waals surface area contributed by atoms with Gasteiger partial charge in [0, 0.05) is 28.8 Å². The number of hydrogen-bond acceptors (Lipinski definition) is 5. The molecular formula is C19H20N2O5. The van der Waals surface area contributed by atoms with E-state index in [0.717, 1.165) is 0 Å². The number of rotatable bonds is 6. The Morgan fingerprint density at radius 2 is 1.77 bits per heavy atom. The van der Waals surface area contributed by atoms with E-state index in [-0.39, 0.29) is 23.6 Å². The quantitative estimate of drug-likeness (QED) is 0.626. The molecule has 1 amide bonds. The molecule has 26 heavy (non-hydrogen) atoms. The molecule has 0 bridgehead atoms. The zero-order valence-corrected chi connectivity index (χ0v) is 14.8. The number of amides is 1. The van der Waals surface area contributed by atoms with Gasteiger partial charge in [-0.1, -0.05) is 26.8 Å². The second kappa shape index (κ2) is 7.77. The standard InChI is InChI=1S/C19H20N2O5/c1-19(2,3)17(22)12-26-16-9-7-14(8-10-16)20-18(23)13-5-4-6-15(11-13)21(24)25/h4-11H,12H2,1-3H3,(H,20,23). The predicted octanol–water partition coefficient (Wildman–Crippen LogP) is 3.84. The molecule has 0 saturated carbocycles. The van der Waals surface area contributed by atoms with Crippen LogP contribution in [0.25, 0.3) is 0 Å². The van der Waals surface area contributed by atoms with Crippen molar-refractivity contribution < 1.29 is 19.2 Å². The number of nitrogens with zero attached hydrogens (tertiary/aromatic N) is 1. The van der Waals surface area contributed by atoms with Gasteiger partial charge >= 0.3 is 0 Å². The highest BCUT2D eigenvalue weighted by molar-refractivity contribution is 6.04. The van der Waals surface area contributed by atoms with Gasteiger partial charge in [0.25, 0.3) is 11.6 Å². The van der Waals surface area contributed by atoms with Crippen LogP contribution in [-0.2, 0) is 4.79 Å². The van der Waals surface area contributed by atoms with E-state index in [4.69, 9.17) is 4.74 Å². The number of Topliss-reactive ketones (excluding diaryl/α,β-unsaturated/α-hetero) is 1. The highest BCUT2D eigenvalue weighted by Crippen LogP contribution is 2.20. The lowest BCUT2D eigenvalue weighted by atomic mass is 9.91. The minimum atomic E-state index is -0.554. The Kier molecular flexibility index (Phi) is 5.71. The lowest BCUT2D eigenvalue weighted by molar-refractivity contribution is -0.384. The first kappa shape index (κ1) is 19.1. The maximum absolute atomic E-state index is 12.2. The van der Waals surface area contributed by atoms with Crippen molar-refractivity contribution in [3.05, 3.63) is 64.2 Å². The molecular weight excluding hydrogens is 336 g/mol. The van der Waals surface area contributed by atoms with Gasteiger partial charge < -0.3 is 10.1 Å². The monoisotopic (exact) mass is 356 g/mol. The summed E-state index contributed by atoms with van der Waals surface area (Å²) < 4.78 is 5.44. The molecule has 0 aromatic heterocycles. The van der Waals surface area contributed by atoms with E-state index >= 15 is 0 Å². The zero-order chi connectivity index (χ0) is 19.3. The lowest BCUT2D eigenvalue weighted by Crippen LogP contribution is -2.26. The van der Waals surface area contributed by atoms with Crippen LogP contribution in [0.3, 0.4) is 0 Å². The summed E-state index contributed by atoms with van der Waals surface area (Å²) in [4.78, 5) is 34.3. The number of nitrogens with one attached hydrogen (secondary N) is 1. The molecule has 2 rings (SSSR count). The summed E-state index contributed by atoms with van der Waals surface area (Å²) in [5, 5.41) is 13.4. The first-order valence-electron chi connectivity index (χ1n) is 7.99. The van der Waals surface area contributed by atoms with Crippen molar-refractivity contribution >= 4 is 23.1 Å². The largest absolute Gasteiger partial charge is 0.486 e. The second-order valence-electron chi connectivity index (χ2n) is 6.75. The van der Waals surface area contributed by atoms with Gasteiger partial charge in [-0.05, 0) is 30.3 Å². The number of hydrogen-bond donors (Lipinski definition) is 1. The van der Waals surface area contributed by atoms with Crippen LogP contribution in [0.4, 0.5) is 11.4 Å². The van der Waals surface area contributed by atoms with Gasteiger partial charge in [0.2, 0.25) is 0 Å². The number of nitro groups is 1. The van der Waals surface area contributed by atoms with Gasteiger partial charge in [-0.3, -0.25) is 19.7 Å². The molecule has 136 valence electrons. The summed E-state index contributed by atoms with van der Waals surface area (Å²) in [5.41, 5.74) is 0.0860. The van der Waals surface area contributed by atoms with Crippen molar-refractivity contribution in [2.45, 2.75) is 20.8 Å². The minimum absolute atomic E-state index is 0.0134. The smallest absolute Gasteiger partial charge is 0.270 e. The molecule has 0 spiro atoms. The van der Waals surface area contributed by atoms with Crippen molar-refractivity contribution in [2.24, 2.45) is 5.41 Å². The van der Waals surface area contributed by atoms with E-state index in [1.54, 1.807) is 24.3 Å². The first-order chi connectivity index (χ1) is 12.2. The van der Waals surface area contributed by atoms with Crippen LogP contribution in [0.1, 0.15) is 31.1 Å². The Labute approximate surface area is 151 Å². The summed E-state index contributed by atoms with van der Waals surface area (Å²) in [5.74, 6) is 0.0433. The van der Waals surface area contributed by atoms with Crippen LogP contribution in [0.2, 0.25) is 0 Å². The summed E-state index contributed by atoms with van der Waals surface area (Å²) in [6, 6.07) is 12.0. The number of anilines is 1. The topological polar surface area (TPSA) is 98.5 Å². The van der Waals surface area contributed by atoms with Crippen molar-refractivity contribution in [1.82, 2.24) is 0 Å². The van der Waals surface area contributed by atoms with Crippen molar-refractivity contribution in [3.8, 4) is 5.75 Å². The maximum Gasteiger partial charge on any atom is 0.270 e. The Morgan fingerprint density at radius 3 is 2.35 bits per heavy atom. The van der Waals surface area contributed by atoms with Gasteiger partial charge in [-0.15, -0.1) is 0 Å². The van der Waals surface area contributed by atoms with Crippen molar-refractivity contribution in [3.63, 3.8) is 0 Å². The van der Waals surface area contributed by atoms with E-state index in [9.17, 15) is 19.7 Å². The highest BCUT2D eigenvalue weighted by atomic mass is 16.6. The molecule has 0 aliphatic rings. The predicted molar refractivity (Wildman–Crippen MR) is 97.4 cm³/mol. The number of non-ortho nitro benzene ring substituents is 1. The first-order valence-corrected chi connectivity index (χ1v) is 7.99. The van der Waals surface area contributed by atoms with Gasteiger partial charge in [0.15, 0.2) is 5.78 Å². The van der Waals surface area contributed by atoms with E-state index in [1.807, 2.05) is 20.8 Å². The van der Waals surface area contributed by atoms with Crippen LogP contribution in [0.5, 0.6) is 5.75 Å². The third kappa shape index (κ3) is 5.14. The number of ether oxygens (including phenoxy) is 1. The van der Waals surface area contributed by atoms with Gasteiger partial charge in [0.05, 0.1) is 4.92 Å². The summed E-state index contributed by atoms with van der Waals surface area (Å²) in [6.45, 7) is 5.45. The van der Waals surface area contributed by atoms with Gasteiger partial charge in [-0.2, -0.15) is 0 Å². The molecule has 2 aromatic carbocycles. The normalized spacial score (nSPS) is 10.9. The SMILES string of the molecule is CC(C)(C)C(=O)COc1ccc(NC(=O)c2cccc([N+](=O)[O-])c2)cc1. The molecule has 0 fully saturated rings. The fourth-order valence-electron chi connectivity index (χ4n) is 1.96. The number of carbonyl (C=O) groups is 2. The number of carbonyl (C=O) groups excluding carboxylic acids is 2. The molecule has 7 nitrogen and oxygen atoms in total. The van der Waals surface area contributed by atoms with Crippen LogP contribution in [0.15, 0.2) is 48.5 Å². The molecule has 1 N–H and O–H groups in total. The minimum Gasteiger partial charge on any atom is -0.486 e. The fraction of sp³-hybridized carbons (Fsp3) is 0.263. The molecule has 0 unspecified atom stereocenters. The Bertz CT molecular complexity index is 823. The van der Waals surface area contributed by atoms with Crippen LogP contribution in [0, 0.1) is 15.5 Å². The van der Waals surface area contributed by atoms with E-state index in [0.29, 0.717) is 11.4 Å². The fourth-order valence-corrected chi connectivity index (χ4v) is 1.96. The summed E-state index contributed by atoms with van der Waals surface area (Å²) in [6.07, 6.45) is 0. The van der Waals surface area contributed by atoms with Gasteiger partial charge in [-0.25, -0.2) is 0 Å². The lowest BCUT2D eigenvalue weighted by Gasteiger charge is -2.16. The Balaban J connectivity index is 1.98. The molecule has 0 radical (unpaired) electrons. The average molecular weight is 356 g/mol. The number of nitro benzene ring substituents is 1. The van der Waals surface area contributed by atoms with E-state index < -0.39 is 16.2 Å². The van der Waals surface area contributed by atoms with Gasteiger partial charge in [0.1, 0.15) is 12.4 Å². The molecule has 0 aliphatic heterocycles. The molecule has 0 heterocycles. The molecule has 0 aliphatic carbocycles. The average Bonchev–Trinajstić information content (AvgIpc) is 2.60. The third-order valence-electron chi connectivity index (χ3n) is 3.64. The Hall–Kier alpha value is -3.22. The summed E-state index contributed by atoms with van der Waals surface area (Å²) >= 11 is 0. The van der Waals surface area contributed by atoms with Crippen LogP contribution in [-0.4, -0.2) is 23.2 Å². The van der Waals surface area contributed by atoms with Crippen molar-refractivity contribution in [1.29, 1.82) is 0 Å². The molecule has 2 aromatic rings. The summed E-state index contributed by atoms with van der Waals surface area (Å²) in [7, 11) is 0. The Morgan fingerprint density at radius 1 is 1.12 bits per heavy atom. The van der Waals surface area contributed by atoms with Crippen LogP contribution < -0.4 is 10.1 Å². The second-order valence-corrected chi connectivity index (χ2v) is 6.75. The number of ketones is 1. The maximum atomic E-state index is 12.2. The highest BCUT2D eigenvalue weighted by Gasteiger charge is 2.21. The van der Waals surface area contributed by atoms with Crippen molar-refractivity contribution in [2.75, 3.05) is 11.9 Å². The molecule has 0 atom stereocenters. The third-order valence-corrected chi connectivity index (χ3v) is 3.64. The molecule has 0 saturated heterocycles. The van der Waals surface area contributed by atoms with Crippen LogP contribution >= 0.6 is 0 Å². The number of benzene rings is 2. The van der Waals surface area contributed by atoms with E-state index in [1.165, 1.54) is 24.3 Å². The zero-order valence-electron chi connectivity index (χ0n) is 14.8.